The van der Waals surface area contributed by atoms with Gasteiger partial charge >= 0.3 is 0 Å². The number of halogens is 1. The predicted octanol–water partition coefficient (Wildman–Crippen LogP) is 2.63. The van der Waals surface area contributed by atoms with Crippen LogP contribution in [-0.2, 0) is 0 Å². The molecule has 2 rings (SSSR count). The standard InChI is InChI=1S/C15H13BrN2O4/c1-22-14-7-12(16)10(6-13(14)20)8-17-18-15(21)9-3-2-4-11(19)5-9/h2-8,19-20H,1H3,(H,18,21)/b17-8-. The van der Waals surface area contributed by atoms with Gasteiger partial charge in [-0.25, -0.2) is 5.43 Å². The van der Waals surface area contributed by atoms with E-state index < -0.39 is 5.91 Å². The van der Waals surface area contributed by atoms with Crippen LogP contribution < -0.4 is 10.2 Å². The number of nitrogens with zero attached hydrogens (tertiary/aromatic N) is 1. The van der Waals surface area contributed by atoms with E-state index in [1.54, 1.807) is 18.2 Å². The largest absolute Gasteiger partial charge is 0.508 e. The summed E-state index contributed by atoms with van der Waals surface area (Å²) in [6.45, 7) is 0. The Morgan fingerprint density at radius 2 is 2.09 bits per heavy atom. The highest BCUT2D eigenvalue weighted by atomic mass is 79.9. The molecule has 1 amide bonds. The number of phenolic OH excluding ortho intramolecular Hbond substituents is 2. The number of carbonyl (C=O) groups is 1. The van der Waals surface area contributed by atoms with Crippen molar-refractivity contribution in [1.29, 1.82) is 0 Å². The molecule has 7 heteroatoms. The minimum Gasteiger partial charge on any atom is -0.508 e. The topological polar surface area (TPSA) is 91.2 Å². The minimum atomic E-state index is -0.457. The van der Waals surface area contributed by atoms with Crippen molar-refractivity contribution in [2.24, 2.45) is 5.10 Å². The van der Waals surface area contributed by atoms with Crippen molar-refractivity contribution in [2.75, 3.05) is 7.11 Å². The second-order valence-electron chi connectivity index (χ2n) is 4.30. The number of rotatable bonds is 4. The Labute approximate surface area is 135 Å². The van der Waals surface area contributed by atoms with Gasteiger partial charge in [-0.05, 0) is 46.3 Å². The van der Waals surface area contributed by atoms with Gasteiger partial charge in [0.15, 0.2) is 11.5 Å². The van der Waals surface area contributed by atoms with E-state index in [4.69, 9.17) is 4.74 Å². The number of carbonyl (C=O) groups excluding carboxylic acids is 1. The minimum absolute atomic E-state index is 0.000509. The predicted molar refractivity (Wildman–Crippen MR) is 85.5 cm³/mol. The molecule has 0 aliphatic carbocycles. The van der Waals surface area contributed by atoms with Crippen molar-refractivity contribution in [2.45, 2.75) is 0 Å². The summed E-state index contributed by atoms with van der Waals surface area (Å²) in [4.78, 5) is 11.8. The van der Waals surface area contributed by atoms with E-state index in [9.17, 15) is 15.0 Å². The molecule has 3 N–H and O–H groups in total. The first-order chi connectivity index (χ1) is 10.5. The molecule has 0 atom stereocenters. The smallest absolute Gasteiger partial charge is 0.271 e. The first-order valence-corrected chi connectivity index (χ1v) is 6.99. The van der Waals surface area contributed by atoms with Gasteiger partial charge in [0.25, 0.3) is 5.91 Å². The van der Waals surface area contributed by atoms with E-state index in [1.165, 1.54) is 31.5 Å². The van der Waals surface area contributed by atoms with Crippen molar-refractivity contribution in [1.82, 2.24) is 5.43 Å². The zero-order chi connectivity index (χ0) is 16.1. The maximum Gasteiger partial charge on any atom is 0.271 e. The Bertz CT molecular complexity index is 731. The molecule has 0 radical (unpaired) electrons. The van der Waals surface area contributed by atoms with Crippen molar-refractivity contribution < 1.29 is 19.7 Å². The van der Waals surface area contributed by atoms with Crippen molar-refractivity contribution >= 4 is 28.1 Å². The Morgan fingerprint density at radius 3 is 2.77 bits per heavy atom. The molecule has 22 heavy (non-hydrogen) atoms. The van der Waals surface area contributed by atoms with E-state index in [-0.39, 0.29) is 17.1 Å². The molecule has 0 unspecified atom stereocenters. The molecule has 0 saturated carbocycles. The number of ether oxygens (including phenoxy) is 1. The molecule has 0 heterocycles. The summed E-state index contributed by atoms with van der Waals surface area (Å²) in [5.41, 5.74) is 3.19. The molecule has 0 bridgehead atoms. The van der Waals surface area contributed by atoms with Crippen LogP contribution in [0.25, 0.3) is 0 Å². The fraction of sp³-hybridized carbons (Fsp3) is 0.0667. The molecule has 0 spiro atoms. The number of amides is 1. The Morgan fingerprint density at radius 1 is 1.32 bits per heavy atom. The molecule has 0 saturated heterocycles. The summed E-state index contributed by atoms with van der Waals surface area (Å²) in [5, 5.41) is 22.8. The van der Waals surface area contributed by atoms with Gasteiger partial charge in [0, 0.05) is 15.6 Å². The number of methoxy groups -OCH3 is 1. The molecule has 0 aliphatic heterocycles. The quantitative estimate of drug-likeness (QED) is 0.574. The van der Waals surface area contributed by atoms with Crippen LogP contribution in [0.5, 0.6) is 17.2 Å². The first-order valence-electron chi connectivity index (χ1n) is 6.20. The molecule has 0 aromatic heterocycles. The normalized spacial score (nSPS) is 10.6. The second kappa shape index (κ2) is 6.95. The van der Waals surface area contributed by atoms with Crippen LogP contribution >= 0.6 is 15.9 Å². The summed E-state index contributed by atoms with van der Waals surface area (Å²) >= 11 is 3.32. The number of hydrogen-bond donors (Lipinski definition) is 3. The molecule has 0 fully saturated rings. The number of benzene rings is 2. The third-order valence-corrected chi connectivity index (χ3v) is 3.46. The van der Waals surface area contributed by atoms with E-state index in [0.717, 1.165) is 0 Å². The van der Waals surface area contributed by atoms with Crippen LogP contribution in [0.1, 0.15) is 15.9 Å². The summed E-state index contributed by atoms with van der Waals surface area (Å²) in [7, 11) is 1.45. The van der Waals surface area contributed by atoms with E-state index in [2.05, 4.69) is 26.5 Å². The average molecular weight is 365 g/mol. The van der Waals surface area contributed by atoms with Crippen molar-refractivity contribution in [3.05, 3.63) is 52.0 Å². The van der Waals surface area contributed by atoms with Gasteiger partial charge in [-0.1, -0.05) is 6.07 Å². The lowest BCUT2D eigenvalue weighted by molar-refractivity contribution is 0.0954. The lowest BCUT2D eigenvalue weighted by atomic mass is 10.2. The van der Waals surface area contributed by atoms with E-state index in [0.29, 0.717) is 15.8 Å². The summed E-state index contributed by atoms with van der Waals surface area (Å²) in [6, 6.07) is 8.96. The summed E-state index contributed by atoms with van der Waals surface area (Å²) in [5.74, 6) is -0.167. The Balaban J connectivity index is 2.10. The number of nitrogens with one attached hydrogen (secondary N) is 1. The molecule has 2 aromatic rings. The lowest BCUT2D eigenvalue weighted by Crippen LogP contribution is -2.17. The molecular formula is C15H13BrN2O4. The van der Waals surface area contributed by atoms with Gasteiger partial charge in [-0.2, -0.15) is 5.10 Å². The van der Waals surface area contributed by atoms with Gasteiger partial charge in [0.05, 0.1) is 13.3 Å². The molecular weight excluding hydrogens is 352 g/mol. The fourth-order valence-electron chi connectivity index (χ4n) is 1.69. The Hall–Kier alpha value is -2.54. The highest BCUT2D eigenvalue weighted by Crippen LogP contribution is 2.31. The molecule has 114 valence electrons. The zero-order valence-electron chi connectivity index (χ0n) is 11.6. The third kappa shape index (κ3) is 3.76. The zero-order valence-corrected chi connectivity index (χ0v) is 13.2. The van der Waals surface area contributed by atoms with Gasteiger partial charge in [-0.15, -0.1) is 0 Å². The number of hydrogen-bond acceptors (Lipinski definition) is 5. The highest BCUT2D eigenvalue weighted by Gasteiger charge is 2.07. The highest BCUT2D eigenvalue weighted by molar-refractivity contribution is 9.10. The SMILES string of the molecule is COc1cc(Br)c(/C=N\NC(=O)c2cccc(O)c2)cc1O. The second-order valence-corrected chi connectivity index (χ2v) is 5.15. The van der Waals surface area contributed by atoms with Crippen molar-refractivity contribution in [3.8, 4) is 17.2 Å². The van der Waals surface area contributed by atoms with Crippen LogP contribution in [0.15, 0.2) is 46.0 Å². The number of phenols is 2. The fourth-order valence-corrected chi connectivity index (χ4v) is 2.12. The van der Waals surface area contributed by atoms with Crippen LogP contribution in [0.2, 0.25) is 0 Å². The van der Waals surface area contributed by atoms with E-state index in [1.807, 2.05) is 0 Å². The number of hydrazone groups is 1. The van der Waals surface area contributed by atoms with Gasteiger partial charge in [-0.3, -0.25) is 4.79 Å². The lowest BCUT2D eigenvalue weighted by Gasteiger charge is -2.06. The monoisotopic (exact) mass is 364 g/mol. The van der Waals surface area contributed by atoms with Gasteiger partial charge < -0.3 is 14.9 Å². The molecule has 2 aromatic carbocycles. The van der Waals surface area contributed by atoms with E-state index >= 15 is 0 Å². The van der Waals surface area contributed by atoms with Crippen LogP contribution in [0.4, 0.5) is 0 Å². The first kappa shape index (κ1) is 15.8. The maximum atomic E-state index is 11.8. The Kier molecular flexibility index (Phi) is 5.00. The number of aromatic hydroxyl groups is 2. The average Bonchev–Trinajstić information content (AvgIpc) is 2.50. The van der Waals surface area contributed by atoms with Gasteiger partial charge in [0.1, 0.15) is 5.75 Å². The maximum absolute atomic E-state index is 11.8. The van der Waals surface area contributed by atoms with Crippen LogP contribution in [-0.4, -0.2) is 29.4 Å². The van der Waals surface area contributed by atoms with Crippen molar-refractivity contribution in [3.63, 3.8) is 0 Å². The third-order valence-electron chi connectivity index (χ3n) is 2.78. The molecule has 6 nitrogen and oxygen atoms in total. The van der Waals surface area contributed by atoms with Gasteiger partial charge in [0.2, 0.25) is 0 Å². The summed E-state index contributed by atoms with van der Waals surface area (Å²) < 4.78 is 5.63. The molecule has 0 aliphatic rings. The van der Waals surface area contributed by atoms with Crippen LogP contribution in [0, 0.1) is 0 Å². The van der Waals surface area contributed by atoms with Crippen LogP contribution in [0.3, 0.4) is 0 Å². The summed E-state index contributed by atoms with van der Waals surface area (Å²) in [6.07, 6.45) is 1.38.